The Kier molecular flexibility index (Phi) is 12.2. The molecule has 1 unspecified atom stereocenters. The maximum Gasteiger partial charge on any atom is 0.205 e. The van der Waals surface area contributed by atoms with Crippen LogP contribution in [-0.2, 0) is 4.79 Å². The van der Waals surface area contributed by atoms with Crippen LogP contribution in [0, 0.1) is 0 Å². The van der Waals surface area contributed by atoms with Crippen LogP contribution in [0.2, 0.25) is 0 Å². The Morgan fingerprint density at radius 3 is 2.64 bits per heavy atom. The minimum Gasteiger partial charge on any atom is -0.330 e. The molecule has 86 valence electrons. The summed E-state index contributed by atoms with van der Waals surface area (Å²) in [7, 11) is 0. The van der Waals surface area contributed by atoms with E-state index < -0.39 is 0 Å². The number of carbonyl (C=O) groups is 1. The molecule has 1 saturated heterocycles. The molecular weight excluding hydrogens is 243 g/mol. The van der Waals surface area contributed by atoms with Crippen LogP contribution in [0.3, 0.4) is 0 Å². The lowest BCUT2D eigenvalue weighted by Crippen LogP contribution is -2.39. The number of piperidine rings is 1. The van der Waals surface area contributed by atoms with Crippen LogP contribution < -0.4 is 11.1 Å². The van der Waals surface area contributed by atoms with Crippen LogP contribution in [0.25, 0.3) is 0 Å². The van der Waals surface area contributed by atoms with E-state index in [2.05, 4.69) is 5.32 Å². The molecule has 1 fully saturated rings. The van der Waals surface area contributed by atoms with E-state index in [1.807, 2.05) is 0 Å². The highest BCUT2D eigenvalue weighted by Crippen LogP contribution is 2.13. The maximum atomic E-state index is 11.4. The predicted octanol–water partition coefficient (Wildman–Crippen LogP) is 1.19. The van der Waals surface area contributed by atoms with Crippen LogP contribution in [-0.4, -0.2) is 30.0 Å². The summed E-state index contributed by atoms with van der Waals surface area (Å²) >= 11 is 1.36. The number of hydrogen-bond acceptors (Lipinski definition) is 4. The molecule has 0 amide bonds. The lowest BCUT2D eigenvalue weighted by atomic mass is 10.1. The van der Waals surface area contributed by atoms with Crippen molar-refractivity contribution < 1.29 is 4.79 Å². The van der Waals surface area contributed by atoms with Crippen molar-refractivity contribution in [1.29, 1.82) is 0 Å². The average Bonchev–Trinajstić information content (AvgIpc) is 2.15. The Balaban J connectivity index is 0. The molecule has 0 aromatic heterocycles. The first kappa shape index (κ1) is 16.9. The zero-order chi connectivity index (χ0) is 8.81. The van der Waals surface area contributed by atoms with E-state index in [0.717, 1.165) is 18.7 Å². The summed E-state index contributed by atoms with van der Waals surface area (Å²) in [4.78, 5) is 11.4. The summed E-state index contributed by atoms with van der Waals surface area (Å²) in [6.45, 7) is 1.57. The number of nitrogens with two attached hydrogens (primary N) is 1. The smallest absolute Gasteiger partial charge is 0.205 e. The van der Waals surface area contributed by atoms with E-state index in [4.69, 9.17) is 5.73 Å². The second kappa shape index (κ2) is 10.1. The Hall–Kier alpha value is 0.520. The van der Waals surface area contributed by atoms with Crippen LogP contribution in [0.1, 0.15) is 19.3 Å². The van der Waals surface area contributed by atoms with E-state index in [1.165, 1.54) is 24.6 Å². The summed E-state index contributed by atoms with van der Waals surface area (Å²) in [5, 5.41) is 3.48. The largest absolute Gasteiger partial charge is 0.330 e. The second-order valence-electron chi connectivity index (χ2n) is 2.96. The Bertz CT molecular complexity index is 154. The van der Waals surface area contributed by atoms with Gasteiger partial charge in [0, 0.05) is 12.3 Å². The highest BCUT2D eigenvalue weighted by molar-refractivity contribution is 8.13. The molecule has 1 atom stereocenters. The fourth-order valence-electron chi connectivity index (χ4n) is 1.31. The van der Waals surface area contributed by atoms with Gasteiger partial charge < -0.3 is 11.1 Å². The molecule has 0 aliphatic carbocycles. The minimum atomic E-state index is 0. The second-order valence-corrected chi connectivity index (χ2v) is 4.06. The van der Waals surface area contributed by atoms with Gasteiger partial charge in [-0.25, -0.2) is 0 Å². The summed E-state index contributed by atoms with van der Waals surface area (Å²) < 4.78 is 0. The van der Waals surface area contributed by atoms with Gasteiger partial charge in [-0.05, 0) is 19.4 Å². The van der Waals surface area contributed by atoms with Crippen LogP contribution in [0.4, 0.5) is 0 Å². The number of hydrogen-bond donors (Lipinski definition) is 2. The molecule has 0 saturated carbocycles. The third-order valence-corrected chi connectivity index (χ3v) is 2.97. The Labute approximate surface area is 102 Å². The average molecular weight is 261 g/mol. The molecule has 0 aromatic rings. The van der Waals surface area contributed by atoms with Gasteiger partial charge in [0.1, 0.15) is 0 Å². The Morgan fingerprint density at radius 2 is 2.14 bits per heavy atom. The molecule has 0 radical (unpaired) electrons. The van der Waals surface area contributed by atoms with Gasteiger partial charge in [-0.15, -0.1) is 24.8 Å². The number of carbonyl (C=O) groups excluding carboxylic acids is 1. The number of nitrogens with one attached hydrogen (secondary N) is 1. The van der Waals surface area contributed by atoms with Gasteiger partial charge in [-0.3, -0.25) is 4.79 Å². The van der Waals surface area contributed by atoms with Crippen molar-refractivity contribution in [2.24, 2.45) is 5.73 Å². The van der Waals surface area contributed by atoms with Gasteiger partial charge in [0.25, 0.3) is 0 Å². The van der Waals surface area contributed by atoms with Crippen LogP contribution in [0.5, 0.6) is 0 Å². The minimum absolute atomic E-state index is 0. The van der Waals surface area contributed by atoms with Crippen molar-refractivity contribution in [3.63, 3.8) is 0 Å². The molecule has 1 aliphatic heterocycles. The molecule has 6 heteroatoms. The van der Waals surface area contributed by atoms with Crippen LogP contribution >= 0.6 is 36.6 Å². The molecule has 0 aromatic carbocycles. The molecule has 0 bridgehead atoms. The third-order valence-electron chi connectivity index (χ3n) is 1.96. The van der Waals surface area contributed by atoms with Gasteiger partial charge >= 0.3 is 0 Å². The molecule has 0 spiro atoms. The van der Waals surface area contributed by atoms with Gasteiger partial charge in [0.15, 0.2) is 0 Å². The lowest BCUT2D eigenvalue weighted by Gasteiger charge is -2.21. The van der Waals surface area contributed by atoms with Crippen molar-refractivity contribution in [1.82, 2.24) is 5.32 Å². The topological polar surface area (TPSA) is 55.1 Å². The number of halogens is 2. The summed E-state index contributed by atoms with van der Waals surface area (Å²) in [5.41, 5.74) is 5.31. The maximum absolute atomic E-state index is 11.4. The number of rotatable bonds is 3. The molecular formula is C8H18Cl2N2OS. The van der Waals surface area contributed by atoms with Gasteiger partial charge in [0.2, 0.25) is 5.12 Å². The molecule has 14 heavy (non-hydrogen) atoms. The quantitative estimate of drug-likeness (QED) is 0.801. The van der Waals surface area contributed by atoms with E-state index in [9.17, 15) is 4.79 Å². The zero-order valence-corrected chi connectivity index (χ0v) is 10.5. The van der Waals surface area contributed by atoms with E-state index in [1.54, 1.807) is 0 Å². The fraction of sp³-hybridized carbons (Fsp3) is 0.875. The molecule has 3 nitrogen and oxygen atoms in total. The summed E-state index contributed by atoms with van der Waals surface area (Å²) in [6.07, 6.45) is 3.37. The predicted molar refractivity (Wildman–Crippen MR) is 66.7 cm³/mol. The van der Waals surface area contributed by atoms with Crippen molar-refractivity contribution in [3.05, 3.63) is 0 Å². The molecule has 1 aliphatic rings. The fourth-order valence-corrected chi connectivity index (χ4v) is 2.03. The van der Waals surface area contributed by atoms with Gasteiger partial charge in [0.05, 0.1) is 6.04 Å². The zero-order valence-electron chi connectivity index (χ0n) is 8.03. The molecule has 3 N–H and O–H groups in total. The first-order valence-electron chi connectivity index (χ1n) is 4.44. The van der Waals surface area contributed by atoms with Gasteiger partial charge in [-0.1, -0.05) is 18.2 Å². The van der Waals surface area contributed by atoms with Crippen molar-refractivity contribution in [2.75, 3.05) is 18.8 Å². The Morgan fingerprint density at radius 1 is 1.43 bits per heavy atom. The highest BCUT2D eigenvalue weighted by Gasteiger charge is 2.19. The molecule has 1 rings (SSSR count). The summed E-state index contributed by atoms with van der Waals surface area (Å²) in [5.74, 6) is 0.747. The van der Waals surface area contributed by atoms with Crippen LogP contribution in [0.15, 0.2) is 0 Å². The standard InChI is InChI=1S/C8H16N2OS.2ClH/c9-4-6-12-8(11)7-3-1-2-5-10-7;;/h7,10H,1-6,9H2;2*1H. The highest BCUT2D eigenvalue weighted by atomic mass is 35.5. The number of thioether (sulfide) groups is 1. The van der Waals surface area contributed by atoms with Crippen molar-refractivity contribution in [2.45, 2.75) is 25.3 Å². The SMILES string of the molecule is Cl.Cl.NCCSC(=O)C1CCCCN1. The first-order valence-corrected chi connectivity index (χ1v) is 5.43. The first-order chi connectivity index (χ1) is 5.84. The van der Waals surface area contributed by atoms with Gasteiger partial charge in [-0.2, -0.15) is 0 Å². The monoisotopic (exact) mass is 260 g/mol. The van der Waals surface area contributed by atoms with Crippen molar-refractivity contribution >= 4 is 41.7 Å². The molecule has 1 heterocycles. The lowest BCUT2D eigenvalue weighted by molar-refractivity contribution is -0.113. The van der Waals surface area contributed by atoms with Crippen molar-refractivity contribution in [3.8, 4) is 0 Å². The van der Waals surface area contributed by atoms with E-state index in [0.29, 0.717) is 6.54 Å². The van der Waals surface area contributed by atoms with E-state index in [-0.39, 0.29) is 36.0 Å². The summed E-state index contributed by atoms with van der Waals surface area (Å²) in [6, 6.07) is 0.0929. The van der Waals surface area contributed by atoms with E-state index >= 15 is 0 Å². The third kappa shape index (κ3) is 6.09. The normalized spacial score (nSPS) is 20.5.